The van der Waals surface area contributed by atoms with Crippen LogP contribution in [0.25, 0.3) is 0 Å². The van der Waals surface area contributed by atoms with E-state index in [2.05, 4.69) is 69.4 Å². The summed E-state index contributed by atoms with van der Waals surface area (Å²) in [5, 5.41) is 0. The molecule has 0 fully saturated rings. The molecule has 0 saturated carbocycles. The zero-order chi connectivity index (χ0) is 47.2. The smallest absolute Gasteiger partial charge is 0.306 e. The molecule has 0 saturated heterocycles. The van der Waals surface area contributed by atoms with Gasteiger partial charge in [-0.1, -0.05) is 217 Å². The van der Waals surface area contributed by atoms with Crippen LogP contribution in [-0.4, -0.2) is 37.2 Å². The van der Waals surface area contributed by atoms with E-state index in [0.29, 0.717) is 19.3 Å². The second kappa shape index (κ2) is 54.0. The van der Waals surface area contributed by atoms with Gasteiger partial charge in [0.15, 0.2) is 6.10 Å². The number of hydrogen-bond donors (Lipinski definition) is 0. The van der Waals surface area contributed by atoms with Crippen LogP contribution in [0, 0.1) is 0 Å². The summed E-state index contributed by atoms with van der Waals surface area (Å²) >= 11 is 0. The number of hydrogen-bond acceptors (Lipinski definition) is 6. The SMILES string of the molecule is CCCCC/C=C\C/C=C\CCCCCCCCCC(=O)O[C@@H](COC(=O)CCCCCCC/C=C\CCCCCC)COC(=O)CCCCCCCCC/C=C\CCCCCCCC. The van der Waals surface area contributed by atoms with Gasteiger partial charge in [0.05, 0.1) is 0 Å². The van der Waals surface area contributed by atoms with Crippen LogP contribution in [0.1, 0.15) is 290 Å². The number of carbonyl (C=O) groups excluding carboxylic acids is 3. The topological polar surface area (TPSA) is 78.9 Å². The lowest BCUT2D eigenvalue weighted by molar-refractivity contribution is -0.167. The van der Waals surface area contributed by atoms with Crippen molar-refractivity contribution in [3.05, 3.63) is 48.6 Å². The molecule has 0 aromatic rings. The number of esters is 3. The highest BCUT2D eigenvalue weighted by Crippen LogP contribution is 2.15. The van der Waals surface area contributed by atoms with Crippen molar-refractivity contribution < 1.29 is 28.6 Å². The van der Waals surface area contributed by atoms with Crippen molar-refractivity contribution in [2.45, 2.75) is 297 Å². The van der Waals surface area contributed by atoms with Crippen molar-refractivity contribution in [1.29, 1.82) is 0 Å². The van der Waals surface area contributed by atoms with Crippen molar-refractivity contribution in [2.24, 2.45) is 0 Å². The molecule has 6 heteroatoms. The molecule has 0 aliphatic rings. The lowest BCUT2D eigenvalue weighted by Gasteiger charge is -2.18. The average molecular weight is 911 g/mol. The molecule has 0 aliphatic heterocycles. The molecule has 0 unspecified atom stereocenters. The third kappa shape index (κ3) is 52.2. The van der Waals surface area contributed by atoms with E-state index in [9.17, 15) is 14.4 Å². The van der Waals surface area contributed by atoms with Gasteiger partial charge < -0.3 is 14.2 Å². The van der Waals surface area contributed by atoms with E-state index < -0.39 is 6.10 Å². The summed E-state index contributed by atoms with van der Waals surface area (Å²) in [5.41, 5.74) is 0. The van der Waals surface area contributed by atoms with Crippen LogP contribution < -0.4 is 0 Å². The maximum absolute atomic E-state index is 12.8. The van der Waals surface area contributed by atoms with Gasteiger partial charge in [-0.15, -0.1) is 0 Å². The number of carbonyl (C=O) groups is 3. The van der Waals surface area contributed by atoms with E-state index in [-0.39, 0.29) is 31.1 Å². The summed E-state index contributed by atoms with van der Waals surface area (Å²) in [6.07, 6.45) is 65.2. The fourth-order valence-corrected chi connectivity index (χ4v) is 7.99. The van der Waals surface area contributed by atoms with E-state index in [1.54, 1.807) is 0 Å². The van der Waals surface area contributed by atoms with E-state index >= 15 is 0 Å². The van der Waals surface area contributed by atoms with Gasteiger partial charge in [0.25, 0.3) is 0 Å². The van der Waals surface area contributed by atoms with E-state index in [1.165, 1.54) is 173 Å². The van der Waals surface area contributed by atoms with Crippen LogP contribution in [-0.2, 0) is 28.6 Å². The van der Waals surface area contributed by atoms with Crippen molar-refractivity contribution in [1.82, 2.24) is 0 Å². The zero-order valence-corrected chi connectivity index (χ0v) is 43.3. The maximum atomic E-state index is 12.8. The van der Waals surface area contributed by atoms with Crippen molar-refractivity contribution >= 4 is 17.9 Å². The van der Waals surface area contributed by atoms with Crippen LogP contribution in [0.5, 0.6) is 0 Å². The minimum Gasteiger partial charge on any atom is -0.462 e. The number of rotatable bonds is 51. The highest BCUT2D eigenvalue weighted by atomic mass is 16.6. The summed E-state index contributed by atoms with van der Waals surface area (Å²) in [6, 6.07) is 0. The molecule has 0 aromatic carbocycles. The van der Waals surface area contributed by atoms with Crippen LogP contribution in [0.2, 0.25) is 0 Å². The van der Waals surface area contributed by atoms with Gasteiger partial charge in [-0.2, -0.15) is 0 Å². The molecule has 0 rings (SSSR count). The number of allylic oxidation sites excluding steroid dienone is 8. The van der Waals surface area contributed by atoms with Crippen LogP contribution in [0.3, 0.4) is 0 Å². The molecule has 0 bridgehead atoms. The highest BCUT2D eigenvalue weighted by molar-refractivity contribution is 5.71. The predicted molar refractivity (Wildman–Crippen MR) is 279 cm³/mol. The molecular weight excluding hydrogens is 805 g/mol. The second-order valence-electron chi connectivity index (χ2n) is 18.8. The first-order valence-electron chi connectivity index (χ1n) is 28.1. The Kier molecular flexibility index (Phi) is 51.8. The molecule has 0 amide bonds. The summed E-state index contributed by atoms with van der Waals surface area (Å²) in [5.74, 6) is -0.890. The van der Waals surface area contributed by atoms with E-state index in [4.69, 9.17) is 14.2 Å². The summed E-state index contributed by atoms with van der Waals surface area (Å²) in [7, 11) is 0. The Bertz CT molecular complexity index is 1140. The minimum atomic E-state index is -0.781. The molecule has 378 valence electrons. The van der Waals surface area contributed by atoms with Crippen molar-refractivity contribution in [3.63, 3.8) is 0 Å². The van der Waals surface area contributed by atoms with Crippen molar-refractivity contribution in [2.75, 3.05) is 13.2 Å². The molecule has 0 radical (unpaired) electrons. The molecule has 65 heavy (non-hydrogen) atoms. The average Bonchev–Trinajstić information content (AvgIpc) is 3.30. The quantitative estimate of drug-likeness (QED) is 0.0262. The fourth-order valence-electron chi connectivity index (χ4n) is 7.99. The van der Waals surface area contributed by atoms with Gasteiger partial charge >= 0.3 is 17.9 Å². The fraction of sp³-hybridized carbons (Fsp3) is 0.814. The first kappa shape index (κ1) is 62.4. The van der Waals surface area contributed by atoms with Gasteiger partial charge in [0.2, 0.25) is 0 Å². The molecule has 1 atom stereocenters. The Hall–Kier alpha value is -2.63. The Labute approximate surface area is 403 Å². The molecule has 0 aromatic heterocycles. The minimum absolute atomic E-state index is 0.0800. The van der Waals surface area contributed by atoms with Gasteiger partial charge in [0.1, 0.15) is 13.2 Å². The van der Waals surface area contributed by atoms with Crippen molar-refractivity contribution in [3.8, 4) is 0 Å². The lowest BCUT2D eigenvalue weighted by Crippen LogP contribution is -2.30. The monoisotopic (exact) mass is 911 g/mol. The Balaban J connectivity index is 4.38. The van der Waals surface area contributed by atoms with Gasteiger partial charge in [-0.3, -0.25) is 14.4 Å². The molecule has 0 spiro atoms. The third-order valence-electron chi connectivity index (χ3n) is 12.3. The molecule has 0 heterocycles. The Morgan fingerprint density at radius 1 is 0.308 bits per heavy atom. The standard InChI is InChI=1S/C59H106O6/c1-4-7-10-13-16-19-22-25-27-29-31-34-37-40-43-46-49-52-58(61)64-55-56(54-63-57(60)51-48-45-42-39-36-33-24-21-18-15-12-9-6-3)65-59(62)53-50-47-44-41-38-35-32-30-28-26-23-20-17-14-11-8-5-2/h17,20-21,24-28,56H,4-16,18-19,22-23,29-55H2,1-3H3/b20-17-,24-21-,27-25-,28-26-/t56-/m0/s1. The predicted octanol–water partition coefficient (Wildman–Crippen LogP) is 18.7. The first-order valence-corrected chi connectivity index (χ1v) is 28.1. The Morgan fingerprint density at radius 2 is 0.554 bits per heavy atom. The summed E-state index contributed by atoms with van der Waals surface area (Å²) in [4.78, 5) is 38.1. The second-order valence-corrected chi connectivity index (χ2v) is 18.8. The number of unbranched alkanes of at least 4 members (excludes halogenated alkanes) is 32. The Morgan fingerprint density at radius 3 is 0.908 bits per heavy atom. The lowest BCUT2D eigenvalue weighted by atomic mass is 10.1. The van der Waals surface area contributed by atoms with Crippen LogP contribution in [0.15, 0.2) is 48.6 Å². The molecule has 0 N–H and O–H groups in total. The normalized spacial score (nSPS) is 12.4. The molecular formula is C59H106O6. The third-order valence-corrected chi connectivity index (χ3v) is 12.3. The largest absolute Gasteiger partial charge is 0.462 e. The van der Waals surface area contributed by atoms with E-state index in [0.717, 1.165) is 77.0 Å². The van der Waals surface area contributed by atoms with Crippen LogP contribution >= 0.6 is 0 Å². The van der Waals surface area contributed by atoms with Gasteiger partial charge in [0, 0.05) is 19.3 Å². The number of ether oxygens (including phenoxy) is 3. The highest BCUT2D eigenvalue weighted by Gasteiger charge is 2.19. The summed E-state index contributed by atoms with van der Waals surface area (Å²) < 4.78 is 16.8. The molecule has 0 aliphatic carbocycles. The summed E-state index contributed by atoms with van der Waals surface area (Å²) in [6.45, 7) is 6.60. The van der Waals surface area contributed by atoms with Gasteiger partial charge in [-0.05, 0) is 103 Å². The first-order chi connectivity index (χ1) is 32.0. The zero-order valence-electron chi connectivity index (χ0n) is 43.3. The van der Waals surface area contributed by atoms with Crippen LogP contribution in [0.4, 0.5) is 0 Å². The maximum Gasteiger partial charge on any atom is 0.306 e. The van der Waals surface area contributed by atoms with E-state index in [1.807, 2.05) is 0 Å². The molecule has 6 nitrogen and oxygen atoms in total. The van der Waals surface area contributed by atoms with Gasteiger partial charge in [-0.25, -0.2) is 0 Å².